The van der Waals surface area contributed by atoms with Gasteiger partial charge in [0.05, 0.1) is 22.1 Å². The Hall–Kier alpha value is -8.72. The zero-order valence-corrected chi connectivity index (χ0v) is 40.8. The number of fused-ring (bicyclic) bond motifs is 13. The van der Waals surface area contributed by atoms with Gasteiger partial charge in [-0.2, -0.15) is 0 Å². The number of hydrogen-bond donors (Lipinski definition) is 0. The average molecular weight is 919 g/mol. The molecule has 2 aliphatic rings. The topological polar surface area (TPSA) is 9.86 Å². The molecule has 0 saturated heterocycles. The van der Waals surface area contributed by atoms with E-state index in [1.807, 2.05) is 0 Å². The lowest BCUT2D eigenvalue weighted by atomic mass is 9.79. The average Bonchev–Trinajstić information content (AvgIpc) is 4.08. The van der Waals surface area contributed by atoms with Crippen LogP contribution in [0.15, 0.2) is 231 Å². The summed E-state index contributed by atoms with van der Waals surface area (Å²) in [5, 5.41) is 7.59. The Morgan fingerprint density at radius 1 is 0.250 bits per heavy atom. The Kier molecular flexibility index (Phi) is 8.51. The molecule has 0 unspecified atom stereocenters. The van der Waals surface area contributed by atoms with Crippen molar-refractivity contribution in [2.45, 2.75) is 38.5 Å². The summed E-state index contributed by atoms with van der Waals surface area (Å²) in [6, 6.07) is 86.5. The molecule has 0 atom stereocenters. The molecule has 0 fully saturated rings. The molecule has 2 heterocycles. The van der Waals surface area contributed by atoms with Crippen LogP contribution in [-0.2, 0) is 10.8 Å². The smallest absolute Gasteiger partial charge is 0.0541 e. The highest BCUT2D eigenvalue weighted by atomic mass is 15.0. The maximum absolute atomic E-state index is 2.47. The minimum atomic E-state index is -0.172. The van der Waals surface area contributed by atoms with Crippen LogP contribution in [-0.4, -0.2) is 9.13 Å². The van der Waals surface area contributed by atoms with E-state index < -0.39 is 0 Å². The zero-order chi connectivity index (χ0) is 48.0. The predicted octanol–water partition coefficient (Wildman–Crippen LogP) is 18.6. The molecular weight excluding hydrogens is 869 g/mol. The van der Waals surface area contributed by atoms with Crippen LogP contribution in [0.25, 0.3) is 121 Å². The summed E-state index contributed by atoms with van der Waals surface area (Å²) in [6.07, 6.45) is 0. The summed E-state index contributed by atoms with van der Waals surface area (Å²) in [6.45, 7) is 9.63. The van der Waals surface area contributed by atoms with Gasteiger partial charge in [-0.25, -0.2) is 0 Å². The second-order valence-electron chi connectivity index (χ2n) is 21.3. The molecular formula is C70H50N2. The van der Waals surface area contributed by atoms with E-state index in [2.05, 4.69) is 267 Å². The number of para-hydroxylation sites is 3. The van der Waals surface area contributed by atoms with Crippen molar-refractivity contribution >= 4 is 54.4 Å². The summed E-state index contributed by atoms with van der Waals surface area (Å²) in [4.78, 5) is 0. The van der Waals surface area contributed by atoms with Crippen molar-refractivity contribution in [1.82, 2.24) is 9.13 Å². The van der Waals surface area contributed by atoms with Crippen molar-refractivity contribution in [3.8, 4) is 67.0 Å². The third-order valence-corrected chi connectivity index (χ3v) is 16.7. The predicted molar refractivity (Wildman–Crippen MR) is 304 cm³/mol. The van der Waals surface area contributed by atoms with Crippen LogP contribution in [0.1, 0.15) is 49.9 Å². The van der Waals surface area contributed by atoms with Gasteiger partial charge in [-0.15, -0.1) is 0 Å². The van der Waals surface area contributed by atoms with Crippen molar-refractivity contribution in [3.05, 3.63) is 253 Å². The molecule has 2 aromatic heterocycles. The van der Waals surface area contributed by atoms with Gasteiger partial charge in [0.15, 0.2) is 0 Å². The molecule has 2 nitrogen and oxygen atoms in total. The lowest BCUT2D eigenvalue weighted by molar-refractivity contribution is 0.660. The SMILES string of the molecule is CC1(C)c2cc(-c3ccc4c(c3)C(C)(C)c3cc(-c5ccc6c(c5)c5ccccc5n6-c5ccc6ccccc6c5)ccc3-4)ccc2-c2ccc(-c3ccc4c(c3)c3ccccc3n4-c3ccccc3)cc21. The Morgan fingerprint density at radius 3 is 1.08 bits per heavy atom. The highest BCUT2D eigenvalue weighted by molar-refractivity contribution is 6.12. The summed E-state index contributed by atoms with van der Waals surface area (Å²) in [7, 11) is 0. The molecule has 0 amide bonds. The maximum Gasteiger partial charge on any atom is 0.0541 e. The van der Waals surface area contributed by atoms with E-state index in [1.165, 1.54) is 144 Å². The number of benzene rings is 11. The molecule has 0 spiro atoms. The largest absolute Gasteiger partial charge is 0.309 e. The summed E-state index contributed by atoms with van der Waals surface area (Å²) < 4.78 is 4.81. The van der Waals surface area contributed by atoms with Gasteiger partial charge in [-0.3, -0.25) is 0 Å². The standard InChI is InChI=1S/C70H50N2/c1-69(2)61-39-47(45-27-34-67-59(37-45)57-18-10-12-20-65(57)71(67)51-16-6-5-7-17-51)23-30-53(61)55-32-25-49(41-63(55)69)50-26-33-56-54-31-24-48(40-62(54)70(3,4)64(56)42-50)46-28-35-68-60(38-46)58-19-11-13-21-66(58)72(68)52-29-22-43-14-8-9-15-44(43)36-52/h5-42H,1-4H3. The number of hydrogen-bond acceptors (Lipinski definition) is 0. The van der Waals surface area contributed by atoms with Crippen LogP contribution in [0.5, 0.6) is 0 Å². The van der Waals surface area contributed by atoms with Crippen LogP contribution in [0, 0.1) is 0 Å². The molecule has 72 heavy (non-hydrogen) atoms. The third-order valence-electron chi connectivity index (χ3n) is 16.7. The van der Waals surface area contributed by atoms with Gasteiger partial charge in [0.1, 0.15) is 0 Å². The second-order valence-corrected chi connectivity index (χ2v) is 21.3. The Bertz CT molecular complexity index is 4440. The first-order chi connectivity index (χ1) is 35.2. The minimum absolute atomic E-state index is 0.166. The van der Waals surface area contributed by atoms with Gasteiger partial charge >= 0.3 is 0 Å². The van der Waals surface area contributed by atoms with Gasteiger partial charge in [0.25, 0.3) is 0 Å². The van der Waals surface area contributed by atoms with Gasteiger partial charge in [0, 0.05) is 43.7 Å². The van der Waals surface area contributed by atoms with E-state index in [0.29, 0.717) is 0 Å². The van der Waals surface area contributed by atoms with Crippen LogP contribution < -0.4 is 0 Å². The summed E-state index contributed by atoms with van der Waals surface area (Å²) in [5.41, 5.74) is 25.3. The van der Waals surface area contributed by atoms with Crippen molar-refractivity contribution < 1.29 is 0 Å². The second kappa shape index (κ2) is 14.9. The first-order valence-electron chi connectivity index (χ1n) is 25.4. The van der Waals surface area contributed by atoms with Crippen molar-refractivity contribution in [3.63, 3.8) is 0 Å². The lowest BCUT2D eigenvalue weighted by Gasteiger charge is -2.24. The van der Waals surface area contributed by atoms with Crippen molar-refractivity contribution in [1.29, 1.82) is 0 Å². The van der Waals surface area contributed by atoms with E-state index in [-0.39, 0.29) is 10.8 Å². The van der Waals surface area contributed by atoms with Gasteiger partial charge in [0.2, 0.25) is 0 Å². The number of nitrogens with zero attached hydrogens (tertiary/aromatic N) is 2. The Balaban J connectivity index is 0.750. The van der Waals surface area contributed by atoms with Crippen LogP contribution >= 0.6 is 0 Å². The molecule has 13 aromatic rings. The zero-order valence-electron chi connectivity index (χ0n) is 40.8. The van der Waals surface area contributed by atoms with Gasteiger partial charge in [-0.1, -0.05) is 173 Å². The quantitative estimate of drug-likeness (QED) is 0.163. The van der Waals surface area contributed by atoms with E-state index in [4.69, 9.17) is 0 Å². The number of rotatable bonds is 5. The van der Waals surface area contributed by atoms with E-state index in [0.717, 1.165) is 0 Å². The fraction of sp³-hybridized carbons (Fsp3) is 0.0857. The molecule has 340 valence electrons. The molecule has 0 radical (unpaired) electrons. The lowest BCUT2D eigenvalue weighted by Crippen LogP contribution is -2.15. The Labute approximate surface area is 419 Å². The molecule has 0 aliphatic heterocycles. The molecule has 2 heteroatoms. The van der Waals surface area contributed by atoms with Crippen molar-refractivity contribution in [2.24, 2.45) is 0 Å². The first-order valence-corrected chi connectivity index (χ1v) is 25.4. The molecule has 0 N–H and O–H groups in total. The minimum Gasteiger partial charge on any atom is -0.309 e. The van der Waals surface area contributed by atoms with E-state index >= 15 is 0 Å². The maximum atomic E-state index is 2.47. The molecule has 2 aliphatic carbocycles. The van der Waals surface area contributed by atoms with Crippen LogP contribution in [0.4, 0.5) is 0 Å². The van der Waals surface area contributed by atoms with Crippen LogP contribution in [0.2, 0.25) is 0 Å². The third kappa shape index (κ3) is 5.84. The fourth-order valence-electron chi connectivity index (χ4n) is 12.9. The van der Waals surface area contributed by atoms with E-state index in [9.17, 15) is 0 Å². The summed E-state index contributed by atoms with van der Waals surface area (Å²) in [5.74, 6) is 0. The molecule has 15 rings (SSSR count). The molecule has 11 aromatic carbocycles. The molecule has 0 bridgehead atoms. The van der Waals surface area contributed by atoms with Crippen molar-refractivity contribution in [2.75, 3.05) is 0 Å². The van der Waals surface area contributed by atoms with Gasteiger partial charge < -0.3 is 9.13 Å². The molecule has 0 saturated carbocycles. The highest BCUT2D eigenvalue weighted by Gasteiger charge is 2.38. The van der Waals surface area contributed by atoms with E-state index in [1.54, 1.807) is 0 Å². The normalized spacial score (nSPS) is 14.1. The van der Waals surface area contributed by atoms with Crippen LogP contribution in [0.3, 0.4) is 0 Å². The summed E-state index contributed by atoms with van der Waals surface area (Å²) >= 11 is 0. The number of aromatic nitrogens is 2. The highest BCUT2D eigenvalue weighted by Crippen LogP contribution is 2.53. The van der Waals surface area contributed by atoms with Gasteiger partial charge in [-0.05, 0) is 174 Å². The monoisotopic (exact) mass is 918 g/mol. The Morgan fingerprint density at radius 2 is 0.611 bits per heavy atom. The fourth-order valence-corrected chi connectivity index (χ4v) is 12.9. The first kappa shape index (κ1) is 41.1.